The lowest BCUT2D eigenvalue weighted by atomic mass is 9.86. The molecular formula is C24H28N4OS. The normalized spacial score (nSPS) is 18.8. The highest BCUT2D eigenvalue weighted by Crippen LogP contribution is 2.26. The molecule has 0 spiro atoms. The molecule has 1 N–H and O–H groups in total. The van der Waals surface area contributed by atoms with Gasteiger partial charge in [-0.05, 0) is 24.3 Å². The maximum Gasteiger partial charge on any atom is 0.230 e. The van der Waals surface area contributed by atoms with E-state index < -0.39 is 0 Å². The number of benzene rings is 2. The first-order chi connectivity index (χ1) is 14.7. The third kappa shape index (κ3) is 5.11. The predicted molar refractivity (Wildman–Crippen MR) is 121 cm³/mol. The van der Waals surface area contributed by atoms with Crippen LogP contribution in [0.15, 0.2) is 65.8 Å². The second kappa shape index (κ2) is 9.94. The Balaban J connectivity index is 1.49. The number of hydrogen-bond acceptors (Lipinski definition) is 4. The number of nitrogens with one attached hydrogen (secondary N) is 1. The summed E-state index contributed by atoms with van der Waals surface area (Å²) in [7, 11) is 0. The van der Waals surface area contributed by atoms with Crippen molar-refractivity contribution in [3.8, 4) is 11.4 Å². The van der Waals surface area contributed by atoms with Crippen LogP contribution in [0.25, 0.3) is 11.4 Å². The topological polar surface area (TPSA) is 59.8 Å². The Labute approximate surface area is 182 Å². The van der Waals surface area contributed by atoms with Crippen LogP contribution < -0.4 is 5.32 Å². The third-order valence-corrected chi connectivity index (χ3v) is 6.69. The lowest BCUT2D eigenvalue weighted by Gasteiger charge is -2.29. The molecule has 1 aliphatic carbocycles. The summed E-state index contributed by atoms with van der Waals surface area (Å²) < 4.78 is 2.10. The highest BCUT2D eigenvalue weighted by Gasteiger charge is 2.23. The van der Waals surface area contributed by atoms with Gasteiger partial charge in [0.15, 0.2) is 11.0 Å². The molecule has 2 aromatic carbocycles. The fourth-order valence-electron chi connectivity index (χ4n) is 4.01. The van der Waals surface area contributed by atoms with Crippen LogP contribution in [0.2, 0.25) is 0 Å². The van der Waals surface area contributed by atoms with E-state index in [0.717, 1.165) is 23.0 Å². The van der Waals surface area contributed by atoms with Gasteiger partial charge in [0.2, 0.25) is 5.91 Å². The van der Waals surface area contributed by atoms with Gasteiger partial charge in [-0.25, -0.2) is 0 Å². The van der Waals surface area contributed by atoms with E-state index in [4.69, 9.17) is 0 Å². The van der Waals surface area contributed by atoms with Crippen molar-refractivity contribution in [1.82, 2.24) is 20.1 Å². The van der Waals surface area contributed by atoms with Crippen molar-refractivity contribution in [3.63, 3.8) is 0 Å². The zero-order chi connectivity index (χ0) is 20.8. The molecular weight excluding hydrogens is 392 g/mol. The molecule has 1 saturated carbocycles. The standard InChI is InChI=1S/C24H28N4OS/c1-18-10-8-9-15-21(18)25-22(29)17-30-24-27-26-23(20-13-6-3-7-14-20)28(24)16-19-11-4-2-5-12-19/h2-7,11-14,18,21H,8-10,15-17H2,1H3,(H,25,29)/t18-,21+/m1/s1. The summed E-state index contributed by atoms with van der Waals surface area (Å²) in [6, 6.07) is 20.7. The fraction of sp³-hybridized carbons (Fsp3) is 0.375. The monoisotopic (exact) mass is 420 g/mol. The molecule has 30 heavy (non-hydrogen) atoms. The van der Waals surface area contributed by atoms with Crippen LogP contribution in [-0.4, -0.2) is 32.5 Å². The van der Waals surface area contributed by atoms with Gasteiger partial charge in [-0.3, -0.25) is 9.36 Å². The van der Waals surface area contributed by atoms with Gasteiger partial charge in [0.25, 0.3) is 0 Å². The zero-order valence-corrected chi connectivity index (χ0v) is 18.1. The van der Waals surface area contributed by atoms with Crippen LogP contribution in [0, 0.1) is 5.92 Å². The highest BCUT2D eigenvalue weighted by atomic mass is 32.2. The third-order valence-electron chi connectivity index (χ3n) is 5.72. The van der Waals surface area contributed by atoms with Crippen molar-refractivity contribution < 1.29 is 4.79 Å². The van der Waals surface area contributed by atoms with Crippen molar-refractivity contribution in [1.29, 1.82) is 0 Å². The molecule has 0 aliphatic heterocycles. The second-order valence-electron chi connectivity index (χ2n) is 7.97. The summed E-state index contributed by atoms with van der Waals surface area (Å²) in [6.45, 7) is 2.90. The molecule has 0 bridgehead atoms. The minimum atomic E-state index is 0.0780. The van der Waals surface area contributed by atoms with Gasteiger partial charge >= 0.3 is 0 Å². The minimum Gasteiger partial charge on any atom is -0.352 e. The Bertz CT molecular complexity index is 958. The Hall–Kier alpha value is -2.60. The Kier molecular flexibility index (Phi) is 6.84. The van der Waals surface area contributed by atoms with Gasteiger partial charge in [0.05, 0.1) is 12.3 Å². The Morgan fingerprint density at radius 1 is 1.03 bits per heavy atom. The van der Waals surface area contributed by atoms with E-state index in [9.17, 15) is 4.79 Å². The van der Waals surface area contributed by atoms with Crippen LogP contribution in [-0.2, 0) is 11.3 Å². The number of thioether (sulfide) groups is 1. The van der Waals surface area contributed by atoms with Crippen LogP contribution >= 0.6 is 11.8 Å². The van der Waals surface area contributed by atoms with E-state index in [1.54, 1.807) is 0 Å². The van der Waals surface area contributed by atoms with Crippen LogP contribution in [0.1, 0.15) is 38.2 Å². The summed E-state index contributed by atoms with van der Waals surface area (Å²) in [5.41, 5.74) is 2.20. The van der Waals surface area contributed by atoms with E-state index in [1.165, 1.54) is 36.6 Å². The van der Waals surface area contributed by atoms with Gasteiger partial charge in [0, 0.05) is 11.6 Å². The molecule has 2 atom stereocenters. The molecule has 1 aromatic heterocycles. The maximum absolute atomic E-state index is 12.6. The number of nitrogens with zero attached hydrogens (tertiary/aromatic N) is 3. The van der Waals surface area contributed by atoms with Crippen LogP contribution in [0.3, 0.4) is 0 Å². The summed E-state index contributed by atoms with van der Waals surface area (Å²) in [4.78, 5) is 12.6. The average molecular weight is 421 g/mol. The van der Waals surface area contributed by atoms with E-state index in [1.807, 2.05) is 48.5 Å². The first kappa shape index (κ1) is 20.7. The van der Waals surface area contributed by atoms with Gasteiger partial charge in [-0.1, -0.05) is 92.2 Å². The smallest absolute Gasteiger partial charge is 0.230 e. The summed E-state index contributed by atoms with van der Waals surface area (Å²) in [5.74, 6) is 1.81. The Morgan fingerprint density at radius 2 is 1.73 bits per heavy atom. The molecule has 0 radical (unpaired) electrons. The van der Waals surface area contributed by atoms with Crippen molar-refractivity contribution in [2.24, 2.45) is 5.92 Å². The number of carbonyl (C=O) groups excluding carboxylic acids is 1. The number of rotatable bonds is 7. The minimum absolute atomic E-state index is 0.0780. The molecule has 156 valence electrons. The number of carbonyl (C=O) groups is 1. The first-order valence-electron chi connectivity index (χ1n) is 10.7. The second-order valence-corrected chi connectivity index (χ2v) is 8.91. The molecule has 5 nitrogen and oxygen atoms in total. The SMILES string of the molecule is C[C@@H]1CCCC[C@@H]1NC(=O)CSc1nnc(-c2ccccc2)n1Cc1ccccc1. The van der Waals surface area contributed by atoms with Crippen molar-refractivity contribution in [2.75, 3.05) is 5.75 Å². The summed E-state index contributed by atoms with van der Waals surface area (Å²) in [6.07, 6.45) is 4.76. The highest BCUT2D eigenvalue weighted by molar-refractivity contribution is 7.99. The van der Waals surface area contributed by atoms with Gasteiger partial charge in [-0.2, -0.15) is 0 Å². The quantitative estimate of drug-likeness (QED) is 0.559. The lowest BCUT2D eigenvalue weighted by molar-refractivity contribution is -0.119. The van der Waals surface area contributed by atoms with E-state index in [2.05, 4.69) is 39.1 Å². The number of hydrogen-bond donors (Lipinski definition) is 1. The van der Waals surface area contributed by atoms with Crippen molar-refractivity contribution in [3.05, 3.63) is 66.2 Å². The molecule has 6 heteroatoms. The molecule has 4 rings (SSSR count). The number of aromatic nitrogens is 3. The van der Waals surface area contributed by atoms with Crippen molar-refractivity contribution >= 4 is 17.7 Å². The first-order valence-corrected chi connectivity index (χ1v) is 11.6. The summed E-state index contributed by atoms with van der Waals surface area (Å²) >= 11 is 1.46. The molecule has 1 fully saturated rings. The number of amides is 1. The van der Waals surface area contributed by atoms with E-state index in [-0.39, 0.29) is 5.91 Å². The average Bonchev–Trinajstić information content (AvgIpc) is 3.17. The van der Waals surface area contributed by atoms with Gasteiger partial charge in [0.1, 0.15) is 0 Å². The predicted octanol–water partition coefficient (Wildman–Crippen LogP) is 4.78. The Morgan fingerprint density at radius 3 is 2.47 bits per heavy atom. The van der Waals surface area contributed by atoms with Crippen LogP contribution in [0.4, 0.5) is 0 Å². The van der Waals surface area contributed by atoms with Gasteiger partial charge < -0.3 is 5.32 Å². The van der Waals surface area contributed by atoms with E-state index >= 15 is 0 Å². The lowest BCUT2D eigenvalue weighted by Crippen LogP contribution is -2.41. The largest absolute Gasteiger partial charge is 0.352 e. The summed E-state index contributed by atoms with van der Waals surface area (Å²) in [5, 5.41) is 12.9. The maximum atomic E-state index is 12.6. The molecule has 3 aromatic rings. The zero-order valence-electron chi connectivity index (χ0n) is 17.3. The molecule has 1 heterocycles. The van der Waals surface area contributed by atoms with Crippen molar-refractivity contribution in [2.45, 2.75) is 50.4 Å². The molecule has 1 aliphatic rings. The molecule has 1 amide bonds. The molecule has 0 unspecified atom stereocenters. The van der Waals surface area contributed by atoms with Gasteiger partial charge in [-0.15, -0.1) is 10.2 Å². The fourth-order valence-corrected chi connectivity index (χ4v) is 4.76. The molecule has 0 saturated heterocycles. The van der Waals surface area contributed by atoms with Crippen LogP contribution in [0.5, 0.6) is 0 Å². The van der Waals surface area contributed by atoms with E-state index in [0.29, 0.717) is 24.3 Å².